The summed E-state index contributed by atoms with van der Waals surface area (Å²) >= 11 is 0. The van der Waals surface area contributed by atoms with Crippen molar-refractivity contribution in [1.82, 2.24) is 20.0 Å². The van der Waals surface area contributed by atoms with Crippen LogP contribution in [0.5, 0.6) is 0 Å². The Balaban J connectivity index is 2.07. The lowest BCUT2D eigenvalue weighted by molar-refractivity contribution is -0.121. The van der Waals surface area contributed by atoms with Crippen molar-refractivity contribution in [1.29, 1.82) is 0 Å². The molecule has 0 unspecified atom stereocenters. The molecule has 0 saturated carbocycles. The molecule has 1 N–H and O–H groups in total. The Kier molecular flexibility index (Phi) is 9.68. The SMILES string of the molecule is CCN(CC)CCCNC(=O)CCN(C)C1CCN(C)CC1. The molecule has 0 atom stereocenters. The average molecular weight is 313 g/mol. The lowest BCUT2D eigenvalue weighted by atomic mass is 10.0. The average Bonchev–Trinajstić information content (AvgIpc) is 2.53. The van der Waals surface area contributed by atoms with Crippen molar-refractivity contribution in [3.05, 3.63) is 0 Å². The minimum atomic E-state index is 0.194. The fraction of sp³-hybridized carbons (Fsp3) is 0.941. The van der Waals surface area contributed by atoms with Gasteiger partial charge in [-0.3, -0.25) is 4.79 Å². The van der Waals surface area contributed by atoms with Gasteiger partial charge in [-0.05, 0) is 66.1 Å². The van der Waals surface area contributed by atoms with E-state index in [0.717, 1.165) is 39.1 Å². The number of amides is 1. The summed E-state index contributed by atoms with van der Waals surface area (Å²) in [6.45, 7) is 11.6. The zero-order valence-corrected chi connectivity index (χ0v) is 15.1. The van der Waals surface area contributed by atoms with Crippen molar-refractivity contribution in [2.75, 3.05) is 59.9 Å². The number of carbonyl (C=O) groups is 1. The van der Waals surface area contributed by atoms with Crippen LogP contribution in [0.25, 0.3) is 0 Å². The van der Waals surface area contributed by atoms with Crippen molar-refractivity contribution >= 4 is 5.91 Å². The molecule has 0 spiro atoms. The van der Waals surface area contributed by atoms with E-state index in [4.69, 9.17) is 0 Å². The number of rotatable bonds is 10. The Morgan fingerprint density at radius 1 is 1.18 bits per heavy atom. The number of nitrogens with zero attached hydrogens (tertiary/aromatic N) is 3. The topological polar surface area (TPSA) is 38.8 Å². The molecule has 1 saturated heterocycles. The second-order valence-electron chi connectivity index (χ2n) is 6.50. The first kappa shape index (κ1) is 19.4. The van der Waals surface area contributed by atoms with Gasteiger partial charge in [0, 0.05) is 25.6 Å². The lowest BCUT2D eigenvalue weighted by Crippen LogP contribution is -2.43. The molecule has 0 aromatic heterocycles. The number of carbonyl (C=O) groups excluding carboxylic acids is 1. The van der Waals surface area contributed by atoms with Crippen LogP contribution in [0.3, 0.4) is 0 Å². The van der Waals surface area contributed by atoms with Crippen LogP contribution < -0.4 is 5.32 Å². The van der Waals surface area contributed by atoms with E-state index in [1.807, 2.05) is 0 Å². The molecule has 0 bridgehead atoms. The summed E-state index contributed by atoms with van der Waals surface area (Å²) in [5, 5.41) is 3.05. The van der Waals surface area contributed by atoms with Crippen molar-refractivity contribution in [3.63, 3.8) is 0 Å². The fourth-order valence-corrected chi connectivity index (χ4v) is 3.05. The van der Waals surface area contributed by atoms with E-state index in [9.17, 15) is 4.79 Å². The summed E-state index contributed by atoms with van der Waals surface area (Å²) in [6.07, 6.45) is 4.10. The number of hydrogen-bond donors (Lipinski definition) is 1. The van der Waals surface area contributed by atoms with Crippen LogP contribution in [-0.4, -0.2) is 86.6 Å². The molecular formula is C17H36N4O. The fourth-order valence-electron chi connectivity index (χ4n) is 3.05. The molecule has 0 aliphatic carbocycles. The van der Waals surface area contributed by atoms with Gasteiger partial charge in [0.15, 0.2) is 0 Å². The van der Waals surface area contributed by atoms with Gasteiger partial charge in [-0.2, -0.15) is 0 Å². The Hall–Kier alpha value is -0.650. The second-order valence-corrected chi connectivity index (χ2v) is 6.50. The first-order chi connectivity index (χ1) is 10.6. The highest BCUT2D eigenvalue weighted by Crippen LogP contribution is 2.14. The molecule has 0 aromatic rings. The zero-order valence-electron chi connectivity index (χ0n) is 15.1. The Morgan fingerprint density at radius 3 is 2.41 bits per heavy atom. The third kappa shape index (κ3) is 7.56. The number of piperidine rings is 1. The molecule has 0 radical (unpaired) electrons. The molecule has 1 amide bonds. The quantitative estimate of drug-likeness (QED) is 0.616. The Bertz CT molecular complexity index is 299. The van der Waals surface area contributed by atoms with E-state index in [-0.39, 0.29) is 5.91 Å². The van der Waals surface area contributed by atoms with Crippen LogP contribution in [0.2, 0.25) is 0 Å². The maximum absolute atomic E-state index is 11.9. The standard InChI is InChI=1S/C17H36N4O/c1-5-21(6-2)12-7-11-18-17(22)10-15-20(4)16-8-13-19(3)14-9-16/h16H,5-15H2,1-4H3,(H,18,22). The van der Waals surface area contributed by atoms with Crippen LogP contribution in [0, 0.1) is 0 Å². The predicted molar refractivity (Wildman–Crippen MR) is 93.2 cm³/mol. The molecule has 0 aromatic carbocycles. The second kappa shape index (κ2) is 11.0. The van der Waals surface area contributed by atoms with Gasteiger partial charge in [0.05, 0.1) is 0 Å². The zero-order chi connectivity index (χ0) is 16.4. The highest BCUT2D eigenvalue weighted by molar-refractivity contribution is 5.75. The van der Waals surface area contributed by atoms with Gasteiger partial charge >= 0.3 is 0 Å². The maximum atomic E-state index is 11.9. The van der Waals surface area contributed by atoms with Crippen LogP contribution in [0.15, 0.2) is 0 Å². The minimum Gasteiger partial charge on any atom is -0.356 e. The van der Waals surface area contributed by atoms with Crippen molar-refractivity contribution < 1.29 is 4.79 Å². The number of hydrogen-bond acceptors (Lipinski definition) is 4. The molecule has 5 heteroatoms. The normalized spacial score (nSPS) is 17.4. The number of likely N-dealkylation sites (tertiary alicyclic amines) is 1. The Labute approximate surface area is 137 Å². The highest BCUT2D eigenvalue weighted by atomic mass is 16.1. The lowest BCUT2D eigenvalue weighted by Gasteiger charge is -2.35. The van der Waals surface area contributed by atoms with Crippen molar-refractivity contribution in [2.45, 2.75) is 45.6 Å². The molecule has 1 fully saturated rings. The molecule has 5 nitrogen and oxygen atoms in total. The molecule has 1 aliphatic heterocycles. The maximum Gasteiger partial charge on any atom is 0.221 e. The van der Waals surface area contributed by atoms with Gasteiger partial charge in [-0.25, -0.2) is 0 Å². The van der Waals surface area contributed by atoms with Gasteiger partial charge < -0.3 is 20.0 Å². The van der Waals surface area contributed by atoms with E-state index >= 15 is 0 Å². The van der Waals surface area contributed by atoms with Crippen LogP contribution in [-0.2, 0) is 4.79 Å². The molecule has 1 aliphatic rings. The summed E-state index contributed by atoms with van der Waals surface area (Å²) in [5.41, 5.74) is 0. The molecule has 130 valence electrons. The van der Waals surface area contributed by atoms with Gasteiger partial charge in [-0.1, -0.05) is 13.8 Å². The van der Waals surface area contributed by atoms with Crippen molar-refractivity contribution in [2.24, 2.45) is 0 Å². The van der Waals surface area contributed by atoms with Crippen molar-refractivity contribution in [3.8, 4) is 0 Å². The van der Waals surface area contributed by atoms with Gasteiger partial charge in [-0.15, -0.1) is 0 Å². The van der Waals surface area contributed by atoms with E-state index in [0.29, 0.717) is 12.5 Å². The highest BCUT2D eigenvalue weighted by Gasteiger charge is 2.20. The third-order valence-electron chi connectivity index (χ3n) is 4.87. The van der Waals surface area contributed by atoms with E-state index < -0.39 is 0 Å². The predicted octanol–water partition coefficient (Wildman–Crippen LogP) is 1.25. The van der Waals surface area contributed by atoms with E-state index in [1.54, 1.807) is 0 Å². The number of nitrogens with one attached hydrogen (secondary N) is 1. The van der Waals surface area contributed by atoms with E-state index in [2.05, 4.69) is 48.0 Å². The van der Waals surface area contributed by atoms with Crippen LogP contribution in [0.4, 0.5) is 0 Å². The first-order valence-corrected chi connectivity index (χ1v) is 8.94. The molecule has 1 rings (SSSR count). The first-order valence-electron chi connectivity index (χ1n) is 8.94. The summed E-state index contributed by atoms with van der Waals surface area (Å²) in [6, 6.07) is 0.645. The van der Waals surface area contributed by atoms with E-state index in [1.165, 1.54) is 25.9 Å². The smallest absolute Gasteiger partial charge is 0.221 e. The molecule has 22 heavy (non-hydrogen) atoms. The minimum absolute atomic E-state index is 0.194. The van der Waals surface area contributed by atoms with Gasteiger partial charge in [0.2, 0.25) is 5.91 Å². The Morgan fingerprint density at radius 2 is 1.82 bits per heavy atom. The van der Waals surface area contributed by atoms with Gasteiger partial charge in [0.25, 0.3) is 0 Å². The van der Waals surface area contributed by atoms with Crippen LogP contribution >= 0.6 is 0 Å². The summed E-state index contributed by atoms with van der Waals surface area (Å²) in [7, 11) is 4.34. The van der Waals surface area contributed by atoms with Crippen LogP contribution in [0.1, 0.15) is 39.5 Å². The monoisotopic (exact) mass is 312 g/mol. The summed E-state index contributed by atoms with van der Waals surface area (Å²) in [4.78, 5) is 19.0. The molecular weight excluding hydrogens is 276 g/mol. The largest absolute Gasteiger partial charge is 0.356 e. The molecule has 1 heterocycles. The summed E-state index contributed by atoms with van der Waals surface area (Å²) in [5.74, 6) is 0.194. The van der Waals surface area contributed by atoms with Gasteiger partial charge in [0.1, 0.15) is 0 Å². The third-order valence-corrected chi connectivity index (χ3v) is 4.87. The summed E-state index contributed by atoms with van der Waals surface area (Å²) < 4.78 is 0.